The molecular formula is C23H27N2O3S+. The largest absolute Gasteiger partial charge is 0.286 e. The number of aliphatic imine (C=N–C) groups is 1. The molecule has 1 N–H and O–H groups in total. The molecule has 2 aromatic rings. The number of nitrogens with zero attached hydrogens (tertiary/aromatic N) is 2. The molecule has 6 heteroatoms. The Labute approximate surface area is 172 Å². The minimum atomic E-state index is -3.96. The Morgan fingerprint density at radius 3 is 2.48 bits per heavy atom. The third-order valence-corrected chi connectivity index (χ3v) is 5.90. The second-order valence-corrected chi connectivity index (χ2v) is 9.18. The molecule has 0 aliphatic carbocycles. The Morgan fingerprint density at radius 2 is 1.76 bits per heavy atom. The molecule has 29 heavy (non-hydrogen) atoms. The number of allylic oxidation sites excluding steroid dienone is 2. The first-order valence-corrected chi connectivity index (χ1v) is 11.3. The van der Waals surface area contributed by atoms with Gasteiger partial charge in [0.25, 0.3) is 10.1 Å². The summed E-state index contributed by atoms with van der Waals surface area (Å²) in [7, 11) is -3.96. The molecular weight excluding hydrogens is 384 g/mol. The summed E-state index contributed by atoms with van der Waals surface area (Å²) in [6, 6.07) is 18.0. The topological polar surface area (TPSA) is 69.7 Å². The molecule has 0 unspecified atom stereocenters. The van der Waals surface area contributed by atoms with E-state index in [1.807, 2.05) is 48.7 Å². The van der Waals surface area contributed by atoms with Gasteiger partial charge in [-0.15, -0.1) is 0 Å². The maximum absolute atomic E-state index is 11.1. The van der Waals surface area contributed by atoms with Crippen LogP contribution in [-0.2, 0) is 15.5 Å². The van der Waals surface area contributed by atoms with Crippen molar-refractivity contribution in [3.8, 4) is 0 Å². The lowest BCUT2D eigenvalue weighted by molar-refractivity contribution is -0.437. The average molecular weight is 412 g/mol. The fourth-order valence-electron chi connectivity index (χ4n) is 3.70. The van der Waals surface area contributed by atoms with Crippen LogP contribution < -0.4 is 0 Å². The minimum Gasteiger partial charge on any atom is -0.286 e. The van der Waals surface area contributed by atoms with Crippen LogP contribution in [0.5, 0.6) is 0 Å². The molecule has 0 radical (unpaired) electrons. The van der Waals surface area contributed by atoms with Crippen LogP contribution in [0.1, 0.15) is 32.3 Å². The standard InChI is InChI=1S/C23H26N2O3S/c1-23(2)20-13-6-7-14-21(20)25(17-10-18-29(26,27)28)22(23)15-8-9-16-24-19-11-4-3-5-12-19/h3-8,11-16H,9-10,17-18H2,1-2H3/p+1. The molecule has 0 spiro atoms. The van der Waals surface area contributed by atoms with Crippen molar-refractivity contribution in [1.82, 2.24) is 0 Å². The normalized spacial score (nSPS) is 16.1. The van der Waals surface area contributed by atoms with Gasteiger partial charge in [0.15, 0.2) is 5.71 Å². The predicted octanol–water partition coefficient (Wildman–Crippen LogP) is 4.69. The van der Waals surface area contributed by atoms with Crippen LogP contribution in [0, 0.1) is 0 Å². The van der Waals surface area contributed by atoms with Gasteiger partial charge in [-0.25, -0.2) is 0 Å². The first-order valence-electron chi connectivity index (χ1n) is 9.73. The van der Waals surface area contributed by atoms with E-state index < -0.39 is 10.1 Å². The average Bonchev–Trinajstić information content (AvgIpc) is 2.89. The van der Waals surface area contributed by atoms with Gasteiger partial charge in [-0.2, -0.15) is 13.0 Å². The molecule has 0 saturated carbocycles. The van der Waals surface area contributed by atoms with Crippen LogP contribution in [-0.4, -0.2) is 41.8 Å². The van der Waals surface area contributed by atoms with E-state index in [2.05, 4.69) is 47.7 Å². The van der Waals surface area contributed by atoms with Gasteiger partial charge in [0.2, 0.25) is 5.69 Å². The molecule has 0 amide bonds. The fourth-order valence-corrected chi connectivity index (χ4v) is 4.19. The van der Waals surface area contributed by atoms with Crippen molar-refractivity contribution < 1.29 is 17.5 Å². The van der Waals surface area contributed by atoms with Crippen LogP contribution >= 0.6 is 0 Å². The van der Waals surface area contributed by atoms with Crippen molar-refractivity contribution in [2.24, 2.45) is 4.99 Å². The predicted molar refractivity (Wildman–Crippen MR) is 119 cm³/mol. The monoisotopic (exact) mass is 411 g/mol. The summed E-state index contributed by atoms with van der Waals surface area (Å²) in [6.45, 7) is 4.87. The molecule has 1 aliphatic rings. The zero-order chi connectivity index (χ0) is 20.9. The Morgan fingerprint density at radius 1 is 1.07 bits per heavy atom. The molecule has 0 atom stereocenters. The Balaban J connectivity index is 1.81. The maximum Gasteiger partial charge on any atom is 0.265 e. The lowest BCUT2D eigenvalue weighted by Gasteiger charge is -2.15. The van der Waals surface area contributed by atoms with Gasteiger partial charge in [-0.1, -0.05) is 42.5 Å². The molecule has 0 bridgehead atoms. The fraction of sp³-hybridized carbons (Fsp3) is 0.304. The van der Waals surface area contributed by atoms with E-state index in [1.54, 1.807) is 0 Å². The van der Waals surface area contributed by atoms with Gasteiger partial charge in [-0.3, -0.25) is 9.55 Å². The van der Waals surface area contributed by atoms with Gasteiger partial charge in [-0.05, 0) is 26.0 Å². The summed E-state index contributed by atoms with van der Waals surface area (Å²) < 4.78 is 33.5. The SMILES string of the molecule is CC1(C)C(C=CCC=Nc2ccccc2)=[N+](CCCS(=O)(=O)O)c2ccccc21. The van der Waals surface area contributed by atoms with E-state index >= 15 is 0 Å². The highest BCUT2D eigenvalue weighted by Crippen LogP contribution is 2.39. The van der Waals surface area contributed by atoms with Crippen LogP contribution in [0.2, 0.25) is 0 Å². The second-order valence-electron chi connectivity index (χ2n) is 7.60. The lowest BCUT2D eigenvalue weighted by Crippen LogP contribution is -2.28. The summed E-state index contributed by atoms with van der Waals surface area (Å²) in [5.41, 5.74) is 4.15. The van der Waals surface area contributed by atoms with Gasteiger partial charge in [0.05, 0.1) is 16.9 Å². The summed E-state index contributed by atoms with van der Waals surface area (Å²) in [5.74, 6) is -0.243. The molecule has 2 aromatic carbocycles. The number of para-hydroxylation sites is 2. The van der Waals surface area contributed by atoms with E-state index in [-0.39, 0.29) is 11.2 Å². The van der Waals surface area contributed by atoms with Crippen LogP contribution in [0.3, 0.4) is 0 Å². The molecule has 0 saturated heterocycles. The quantitative estimate of drug-likeness (QED) is 0.389. The Bertz CT molecular complexity index is 1050. The third-order valence-electron chi connectivity index (χ3n) is 5.10. The zero-order valence-electron chi connectivity index (χ0n) is 16.8. The number of hydrogen-bond donors (Lipinski definition) is 1. The molecule has 0 fully saturated rings. The smallest absolute Gasteiger partial charge is 0.265 e. The number of hydrogen-bond acceptors (Lipinski definition) is 3. The Hall–Kier alpha value is -2.57. The number of rotatable bonds is 8. The molecule has 3 rings (SSSR count). The molecule has 1 heterocycles. The molecule has 5 nitrogen and oxygen atoms in total. The number of benzene rings is 2. The van der Waals surface area contributed by atoms with Crippen molar-refractivity contribution in [2.45, 2.75) is 32.1 Å². The Kier molecular flexibility index (Phi) is 6.45. The zero-order valence-corrected chi connectivity index (χ0v) is 17.6. The van der Waals surface area contributed by atoms with Crippen molar-refractivity contribution in [1.29, 1.82) is 0 Å². The van der Waals surface area contributed by atoms with Gasteiger partial charge >= 0.3 is 0 Å². The summed E-state index contributed by atoms with van der Waals surface area (Å²) in [5, 5.41) is 0. The molecule has 1 aliphatic heterocycles. The first kappa shape index (κ1) is 21.1. The maximum atomic E-state index is 11.1. The van der Waals surface area contributed by atoms with Crippen LogP contribution in [0.4, 0.5) is 11.4 Å². The van der Waals surface area contributed by atoms with E-state index in [0.717, 1.165) is 17.1 Å². The van der Waals surface area contributed by atoms with E-state index in [0.29, 0.717) is 19.4 Å². The van der Waals surface area contributed by atoms with Gasteiger partial charge in [0.1, 0.15) is 6.54 Å². The highest BCUT2D eigenvalue weighted by molar-refractivity contribution is 7.85. The molecule has 0 aromatic heterocycles. The van der Waals surface area contributed by atoms with E-state index in [1.165, 1.54) is 5.56 Å². The van der Waals surface area contributed by atoms with Gasteiger partial charge in [0, 0.05) is 36.8 Å². The van der Waals surface area contributed by atoms with Crippen LogP contribution in [0.25, 0.3) is 0 Å². The molecule has 152 valence electrons. The van der Waals surface area contributed by atoms with Crippen molar-refractivity contribution in [3.05, 3.63) is 72.3 Å². The van der Waals surface area contributed by atoms with E-state index in [9.17, 15) is 8.42 Å². The highest BCUT2D eigenvalue weighted by Gasteiger charge is 2.43. The summed E-state index contributed by atoms with van der Waals surface area (Å²) in [4.78, 5) is 4.45. The van der Waals surface area contributed by atoms with Gasteiger partial charge < -0.3 is 0 Å². The van der Waals surface area contributed by atoms with Crippen molar-refractivity contribution in [2.75, 3.05) is 12.3 Å². The lowest BCUT2D eigenvalue weighted by atomic mass is 9.81. The minimum absolute atomic E-state index is 0.193. The number of fused-ring (bicyclic) bond motifs is 1. The highest BCUT2D eigenvalue weighted by atomic mass is 32.2. The third kappa shape index (κ3) is 5.28. The van der Waals surface area contributed by atoms with Crippen molar-refractivity contribution in [3.63, 3.8) is 0 Å². The van der Waals surface area contributed by atoms with Crippen LogP contribution in [0.15, 0.2) is 71.7 Å². The first-order chi connectivity index (χ1) is 13.8. The van der Waals surface area contributed by atoms with E-state index in [4.69, 9.17) is 4.55 Å². The van der Waals surface area contributed by atoms with Crippen molar-refractivity contribution >= 4 is 33.4 Å². The second kappa shape index (κ2) is 8.84. The summed E-state index contributed by atoms with van der Waals surface area (Å²) >= 11 is 0. The summed E-state index contributed by atoms with van der Waals surface area (Å²) in [6.07, 6.45) is 7.11.